The highest BCUT2D eigenvalue weighted by Gasteiger charge is 2.45. The fraction of sp³-hybridized carbons (Fsp3) is 0.152. The molecule has 0 atom stereocenters. The van der Waals surface area contributed by atoms with Crippen molar-refractivity contribution in [3.63, 3.8) is 0 Å². The monoisotopic (exact) mass is 665 g/mol. The standard InChI is InChI=1S/C46H39N3O2/c1-2-3-4-15-32-50-51-38-30-28-37(29-31-38)46(41-22-13-11-20-39(41)40-21-12-14-23-42(40)46)36-26-24-35(25-27-36)45-48-43(33-16-7-5-8-17-33)47-44(49-45)34-18-9-6-10-19-34/h5-14,16-31H,2-4,15,32H2,1H3. The van der Waals surface area contributed by atoms with Gasteiger partial charge >= 0.3 is 0 Å². The number of hydrogen-bond acceptors (Lipinski definition) is 5. The summed E-state index contributed by atoms with van der Waals surface area (Å²) in [5, 5.41) is 0. The van der Waals surface area contributed by atoms with Gasteiger partial charge in [-0.2, -0.15) is 4.89 Å². The number of aromatic nitrogens is 3. The van der Waals surface area contributed by atoms with Gasteiger partial charge in [-0.15, -0.1) is 0 Å². The number of unbranched alkanes of at least 4 members (excludes halogenated alkanes) is 3. The highest BCUT2D eigenvalue weighted by Crippen LogP contribution is 2.56. The van der Waals surface area contributed by atoms with Gasteiger partial charge in [0.1, 0.15) is 0 Å². The fourth-order valence-corrected chi connectivity index (χ4v) is 7.29. The second-order valence-corrected chi connectivity index (χ2v) is 12.9. The number of nitrogens with zero attached hydrogens (tertiary/aromatic N) is 3. The maximum absolute atomic E-state index is 5.71. The zero-order chi connectivity index (χ0) is 34.5. The lowest BCUT2D eigenvalue weighted by Gasteiger charge is -2.34. The van der Waals surface area contributed by atoms with E-state index in [4.69, 9.17) is 24.7 Å². The van der Waals surface area contributed by atoms with E-state index in [2.05, 4.69) is 91.9 Å². The van der Waals surface area contributed by atoms with Crippen LogP contribution < -0.4 is 4.89 Å². The first kappa shape index (κ1) is 32.3. The molecule has 1 heterocycles. The smallest absolute Gasteiger partial charge is 0.165 e. The van der Waals surface area contributed by atoms with Gasteiger partial charge in [0.05, 0.1) is 12.0 Å². The van der Waals surface area contributed by atoms with Crippen LogP contribution in [0.1, 0.15) is 54.9 Å². The molecule has 0 fully saturated rings. The van der Waals surface area contributed by atoms with E-state index in [9.17, 15) is 0 Å². The summed E-state index contributed by atoms with van der Waals surface area (Å²) in [6.07, 6.45) is 4.54. The molecule has 51 heavy (non-hydrogen) atoms. The molecule has 0 saturated heterocycles. The van der Waals surface area contributed by atoms with Gasteiger partial charge in [-0.05, 0) is 51.9 Å². The Morgan fingerprint density at radius 1 is 0.451 bits per heavy atom. The van der Waals surface area contributed by atoms with Gasteiger partial charge in [0, 0.05) is 16.7 Å². The van der Waals surface area contributed by atoms with Crippen molar-refractivity contribution in [1.82, 2.24) is 15.0 Å². The summed E-state index contributed by atoms with van der Waals surface area (Å²) in [5.41, 5.74) is 9.56. The molecule has 0 bridgehead atoms. The Morgan fingerprint density at radius 3 is 1.41 bits per heavy atom. The molecule has 0 N–H and O–H groups in total. The summed E-state index contributed by atoms with van der Waals surface area (Å²) in [7, 11) is 0. The first-order valence-electron chi connectivity index (χ1n) is 17.8. The zero-order valence-corrected chi connectivity index (χ0v) is 28.7. The van der Waals surface area contributed by atoms with E-state index in [0.717, 1.165) is 40.7 Å². The van der Waals surface area contributed by atoms with Crippen molar-refractivity contribution in [3.05, 3.63) is 180 Å². The average Bonchev–Trinajstić information content (AvgIpc) is 3.51. The molecule has 0 spiro atoms. The molecule has 0 amide bonds. The van der Waals surface area contributed by atoms with Gasteiger partial charge in [0.2, 0.25) is 0 Å². The molecule has 7 aromatic rings. The maximum atomic E-state index is 5.71. The molecule has 0 saturated carbocycles. The average molecular weight is 666 g/mol. The number of hydrogen-bond donors (Lipinski definition) is 0. The first-order valence-corrected chi connectivity index (χ1v) is 17.8. The summed E-state index contributed by atoms with van der Waals surface area (Å²) in [4.78, 5) is 26.1. The van der Waals surface area contributed by atoms with E-state index in [1.165, 1.54) is 35.1 Å². The lowest BCUT2D eigenvalue weighted by molar-refractivity contribution is -0.207. The molecule has 6 aromatic carbocycles. The molecule has 5 nitrogen and oxygen atoms in total. The molecule has 1 aromatic heterocycles. The van der Waals surface area contributed by atoms with E-state index >= 15 is 0 Å². The number of fused-ring (bicyclic) bond motifs is 3. The van der Waals surface area contributed by atoms with Crippen LogP contribution in [0.25, 0.3) is 45.3 Å². The van der Waals surface area contributed by atoms with Gasteiger partial charge in [0.25, 0.3) is 0 Å². The second-order valence-electron chi connectivity index (χ2n) is 12.9. The molecule has 250 valence electrons. The lowest BCUT2D eigenvalue weighted by atomic mass is 9.67. The van der Waals surface area contributed by atoms with Crippen LogP contribution in [0.5, 0.6) is 5.75 Å². The van der Waals surface area contributed by atoms with E-state index < -0.39 is 5.41 Å². The van der Waals surface area contributed by atoms with Crippen molar-refractivity contribution in [2.24, 2.45) is 0 Å². The molecular weight excluding hydrogens is 627 g/mol. The minimum Gasteiger partial charge on any atom is -0.338 e. The molecule has 5 heteroatoms. The quantitative estimate of drug-likeness (QED) is 0.0738. The molecule has 0 unspecified atom stereocenters. The minimum atomic E-state index is -0.547. The van der Waals surface area contributed by atoms with Gasteiger partial charge in [0.15, 0.2) is 23.2 Å². The van der Waals surface area contributed by atoms with Crippen LogP contribution in [-0.4, -0.2) is 21.6 Å². The fourth-order valence-electron chi connectivity index (χ4n) is 7.29. The lowest BCUT2D eigenvalue weighted by Crippen LogP contribution is -2.28. The predicted molar refractivity (Wildman–Crippen MR) is 204 cm³/mol. The zero-order valence-electron chi connectivity index (χ0n) is 28.7. The van der Waals surface area contributed by atoms with Gasteiger partial charge in [-0.25, -0.2) is 15.0 Å². The molecular formula is C46H39N3O2. The van der Waals surface area contributed by atoms with Crippen LogP contribution in [0.2, 0.25) is 0 Å². The Balaban J connectivity index is 1.21. The molecule has 1 aliphatic carbocycles. The van der Waals surface area contributed by atoms with Crippen LogP contribution in [-0.2, 0) is 10.3 Å². The van der Waals surface area contributed by atoms with Crippen molar-refractivity contribution in [2.75, 3.05) is 6.61 Å². The second kappa shape index (κ2) is 14.5. The number of rotatable bonds is 12. The van der Waals surface area contributed by atoms with Crippen molar-refractivity contribution in [3.8, 4) is 51.0 Å². The van der Waals surface area contributed by atoms with Gasteiger partial charge in [-0.1, -0.05) is 172 Å². The van der Waals surface area contributed by atoms with E-state index in [1.54, 1.807) is 0 Å². The third kappa shape index (κ3) is 6.22. The van der Waals surface area contributed by atoms with Crippen LogP contribution in [0.3, 0.4) is 0 Å². The van der Waals surface area contributed by atoms with Crippen LogP contribution in [0.4, 0.5) is 0 Å². The third-order valence-electron chi connectivity index (χ3n) is 9.75. The molecule has 1 aliphatic rings. The van der Waals surface area contributed by atoms with Crippen LogP contribution >= 0.6 is 0 Å². The minimum absolute atomic E-state index is 0.547. The van der Waals surface area contributed by atoms with Crippen LogP contribution in [0, 0.1) is 0 Å². The Kier molecular flexibility index (Phi) is 9.20. The van der Waals surface area contributed by atoms with Crippen molar-refractivity contribution in [1.29, 1.82) is 0 Å². The summed E-state index contributed by atoms with van der Waals surface area (Å²) in [6.45, 7) is 2.79. The van der Waals surface area contributed by atoms with E-state index in [1.807, 2.05) is 72.8 Å². The Labute approximate surface area is 299 Å². The molecule has 8 rings (SSSR count). The summed E-state index contributed by atoms with van der Waals surface area (Å²) < 4.78 is 0. The highest BCUT2D eigenvalue weighted by molar-refractivity contribution is 5.86. The summed E-state index contributed by atoms with van der Waals surface area (Å²) in [5.74, 6) is 2.61. The van der Waals surface area contributed by atoms with E-state index in [-0.39, 0.29) is 0 Å². The SMILES string of the molecule is CCCCCCOOc1ccc(C2(c3ccc(-c4nc(-c5ccccc5)nc(-c5ccccc5)n4)cc3)c3ccccc3-c3ccccc32)cc1. The van der Waals surface area contributed by atoms with Crippen molar-refractivity contribution >= 4 is 0 Å². The summed E-state index contributed by atoms with van der Waals surface area (Å²) in [6, 6.07) is 54.8. The largest absolute Gasteiger partial charge is 0.338 e. The third-order valence-corrected chi connectivity index (χ3v) is 9.75. The van der Waals surface area contributed by atoms with Gasteiger partial charge < -0.3 is 4.89 Å². The predicted octanol–water partition coefficient (Wildman–Crippen LogP) is 11.1. The molecule has 0 aliphatic heterocycles. The number of benzene rings is 6. The van der Waals surface area contributed by atoms with Gasteiger partial charge in [-0.3, -0.25) is 0 Å². The summed E-state index contributed by atoms with van der Waals surface area (Å²) >= 11 is 0. The Bertz CT molecular complexity index is 2130. The Morgan fingerprint density at radius 2 is 0.902 bits per heavy atom. The van der Waals surface area contributed by atoms with Crippen molar-refractivity contribution < 1.29 is 9.78 Å². The maximum Gasteiger partial charge on any atom is 0.165 e. The topological polar surface area (TPSA) is 57.1 Å². The first-order chi connectivity index (χ1) is 25.3. The normalized spacial score (nSPS) is 12.6. The van der Waals surface area contributed by atoms with E-state index in [0.29, 0.717) is 29.8 Å². The van der Waals surface area contributed by atoms with Crippen molar-refractivity contribution in [2.45, 2.75) is 38.0 Å². The molecule has 0 radical (unpaired) electrons. The Hall–Kier alpha value is -5.91. The van der Waals surface area contributed by atoms with Crippen LogP contribution in [0.15, 0.2) is 158 Å². The highest BCUT2D eigenvalue weighted by atomic mass is 17.2.